The van der Waals surface area contributed by atoms with Crippen LogP contribution in [0.5, 0.6) is 0 Å². The maximum atomic E-state index is 14.5. The van der Waals surface area contributed by atoms with E-state index in [-0.39, 0.29) is 31.0 Å². The zero-order chi connectivity index (χ0) is 40.1. The zero-order valence-corrected chi connectivity index (χ0v) is 35.0. The molecule has 1 saturated heterocycles. The van der Waals surface area contributed by atoms with Crippen LogP contribution < -0.4 is 10.6 Å². The van der Waals surface area contributed by atoms with Crippen molar-refractivity contribution in [1.82, 2.24) is 20.5 Å². The van der Waals surface area contributed by atoms with E-state index in [1.54, 1.807) is 26.3 Å². The van der Waals surface area contributed by atoms with Crippen molar-refractivity contribution in [2.45, 2.75) is 136 Å². The van der Waals surface area contributed by atoms with Gasteiger partial charge in [0.15, 0.2) is 14.4 Å². The van der Waals surface area contributed by atoms with Crippen molar-refractivity contribution in [2.75, 3.05) is 13.2 Å². The summed E-state index contributed by atoms with van der Waals surface area (Å²) in [5, 5.41) is 15.3. The Kier molecular flexibility index (Phi) is 14.2. The van der Waals surface area contributed by atoms with Crippen molar-refractivity contribution < 1.29 is 43.0 Å². The summed E-state index contributed by atoms with van der Waals surface area (Å²) in [5.74, 6) is -2.26. The number of hydrogen-bond acceptors (Lipinski definition) is 10. The van der Waals surface area contributed by atoms with Gasteiger partial charge in [-0.1, -0.05) is 65.8 Å². The van der Waals surface area contributed by atoms with Crippen LogP contribution in [0.25, 0.3) is 10.4 Å². The Morgan fingerprint density at radius 3 is 2.15 bits per heavy atom. The fourth-order valence-corrected chi connectivity index (χ4v) is 7.85. The molecule has 1 unspecified atom stereocenters. The van der Waals surface area contributed by atoms with Crippen LogP contribution in [0.3, 0.4) is 0 Å². The summed E-state index contributed by atoms with van der Waals surface area (Å²) in [6, 6.07) is 4.54. The van der Waals surface area contributed by atoms with E-state index in [1.807, 2.05) is 52.0 Å². The molecule has 15 heteroatoms. The molecule has 1 aromatic carbocycles. The highest BCUT2D eigenvalue weighted by atomic mass is 32.1. The summed E-state index contributed by atoms with van der Waals surface area (Å²) >= 11 is 1.50. The highest BCUT2D eigenvalue weighted by Gasteiger charge is 2.48. The van der Waals surface area contributed by atoms with Gasteiger partial charge in [0.2, 0.25) is 11.8 Å². The van der Waals surface area contributed by atoms with Gasteiger partial charge >= 0.3 is 12.1 Å². The molecule has 0 bridgehead atoms. The van der Waals surface area contributed by atoms with Crippen molar-refractivity contribution in [2.24, 2.45) is 5.41 Å². The molecule has 1 fully saturated rings. The Morgan fingerprint density at radius 1 is 1.04 bits per heavy atom. The molecule has 2 aromatic rings. The molecule has 13 nitrogen and oxygen atoms in total. The molecular formula is C38H58N4O9SSi. The van der Waals surface area contributed by atoms with E-state index in [1.165, 1.54) is 16.2 Å². The second-order valence-corrected chi connectivity index (χ2v) is 22.8. The number of alkyl carbamates (subject to hydrolysis) is 1. The fourth-order valence-electron chi connectivity index (χ4n) is 5.68. The van der Waals surface area contributed by atoms with E-state index < -0.39 is 73.5 Å². The first-order valence-electron chi connectivity index (χ1n) is 17.9. The molecule has 0 radical (unpaired) electrons. The van der Waals surface area contributed by atoms with Crippen LogP contribution >= 0.6 is 11.3 Å². The number of nitrogens with one attached hydrogen (secondary N) is 2. The highest BCUT2D eigenvalue weighted by Crippen LogP contribution is 2.39. The molecule has 1 aromatic heterocycles. The van der Waals surface area contributed by atoms with E-state index in [4.69, 9.17) is 13.9 Å². The van der Waals surface area contributed by atoms with Gasteiger partial charge in [-0.15, -0.1) is 11.3 Å². The Labute approximate surface area is 318 Å². The van der Waals surface area contributed by atoms with Crippen LogP contribution in [0.4, 0.5) is 4.79 Å². The Balaban J connectivity index is 2.01. The molecule has 2 heterocycles. The quantitative estimate of drug-likeness (QED) is 0.147. The van der Waals surface area contributed by atoms with Crippen molar-refractivity contribution in [3.8, 4) is 10.4 Å². The number of aromatic nitrogens is 1. The number of hydrogen-bond donors (Lipinski definition) is 3. The number of carboxylic acid groups (broad SMARTS) is 1. The second kappa shape index (κ2) is 17.2. The lowest BCUT2D eigenvalue weighted by atomic mass is 9.85. The Morgan fingerprint density at radius 2 is 1.66 bits per heavy atom. The molecule has 0 aliphatic carbocycles. The van der Waals surface area contributed by atoms with Crippen molar-refractivity contribution in [3.05, 3.63) is 41.0 Å². The smallest absolute Gasteiger partial charge is 0.408 e. The number of aliphatic carboxylic acids is 1. The van der Waals surface area contributed by atoms with Crippen LogP contribution in [0, 0.1) is 12.3 Å². The van der Waals surface area contributed by atoms with Gasteiger partial charge in [-0.05, 0) is 62.4 Å². The minimum Gasteiger partial charge on any atom is -0.479 e. The molecule has 0 spiro atoms. The van der Waals surface area contributed by atoms with Gasteiger partial charge in [-0.3, -0.25) is 9.59 Å². The molecule has 3 N–H and O–H groups in total. The van der Waals surface area contributed by atoms with E-state index in [9.17, 15) is 29.1 Å². The van der Waals surface area contributed by atoms with Gasteiger partial charge in [0.05, 0.1) is 34.8 Å². The van der Waals surface area contributed by atoms with Gasteiger partial charge in [0.25, 0.3) is 0 Å². The average Bonchev–Trinajstić information content (AvgIpc) is 3.64. The largest absolute Gasteiger partial charge is 0.479 e. The molecule has 5 atom stereocenters. The minimum absolute atomic E-state index is 0.122. The third kappa shape index (κ3) is 11.9. The number of likely N-dealkylation sites (tertiary alicyclic amines) is 1. The van der Waals surface area contributed by atoms with Crippen LogP contribution in [0.2, 0.25) is 18.1 Å². The SMILES string of the molecule is Cc1ncsc1-c1ccc([C@H](COC(CC=O)C(=O)O)NC(=O)[C@@H]2C[C@@H](O[Si](C)(C)C(C)(C)C)CN2C(=O)[C@@H](NC(=O)OC(C)(C)C)C(C)(C)C)cc1. The van der Waals surface area contributed by atoms with Crippen molar-refractivity contribution >= 4 is 49.8 Å². The maximum absolute atomic E-state index is 14.5. The average molecular weight is 775 g/mol. The topological polar surface area (TPSA) is 173 Å². The first-order valence-corrected chi connectivity index (χ1v) is 21.7. The van der Waals surface area contributed by atoms with E-state index in [2.05, 4.69) is 49.5 Å². The molecule has 0 saturated carbocycles. The van der Waals surface area contributed by atoms with E-state index in [0.717, 1.165) is 16.1 Å². The number of amides is 3. The zero-order valence-electron chi connectivity index (χ0n) is 33.2. The molecule has 294 valence electrons. The maximum Gasteiger partial charge on any atom is 0.408 e. The summed E-state index contributed by atoms with van der Waals surface area (Å²) in [4.78, 5) is 71.8. The van der Waals surface area contributed by atoms with Crippen LogP contribution in [-0.2, 0) is 33.1 Å². The second-order valence-electron chi connectivity index (χ2n) is 17.2. The number of carboxylic acids is 1. The number of benzene rings is 1. The third-order valence-electron chi connectivity index (χ3n) is 9.58. The third-order valence-corrected chi connectivity index (χ3v) is 15.1. The van der Waals surface area contributed by atoms with Crippen LogP contribution in [-0.4, -0.2) is 96.5 Å². The monoisotopic (exact) mass is 774 g/mol. The lowest BCUT2D eigenvalue weighted by Crippen LogP contribution is -2.58. The van der Waals surface area contributed by atoms with Crippen LogP contribution in [0.15, 0.2) is 29.8 Å². The fraction of sp³-hybridized carbons (Fsp3) is 0.632. The standard InChI is InChI=1S/C38H58N4O9SSi/c1-23-30(52-22-39-23)25-15-13-24(14-16-25)27(21-49-29(17-18-43)34(46)47)40-32(44)28-19-26(51-53(11,12)38(8,9)10)20-42(28)33(45)31(36(2,3)4)41-35(48)50-37(5,6)7/h13-16,18,22,26-29,31H,17,19-21H2,1-12H3,(H,40,44)(H,41,48)(H,46,47)/t26-,27+,28+,29?,31-/m1/s1. The summed E-state index contributed by atoms with van der Waals surface area (Å²) < 4.78 is 17.9. The molecular weight excluding hydrogens is 717 g/mol. The molecule has 1 aliphatic heterocycles. The number of aryl methyl sites for hydroxylation is 1. The number of thiazole rings is 1. The number of ether oxygens (including phenoxy) is 2. The molecule has 3 amide bonds. The molecule has 3 rings (SSSR count). The predicted molar refractivity (Wildman–Crippen MR) is 206 cm³/mol. The molecule has 53 heavy (non-hydrogen) atoms. The summed E-state index contributed by atoms with van der Waals surface area (Å²) in [6.07, 6.45) is -2.32. The lowest BCUT2D eigenvalue weighted by Gasteiger charge is -2.38. The van der Waals surface area contributed by atoms with Gasteiger partial charge in [0, 0.05) is 19.4 Å². The number of carbonyl (C=O) groups excluding carboxylic acids is 4. The summed E-state index contributed by atoms with van der Waals surface area (Å²) in [7, 11) is -2.34. The number of aldehydes is 1. The van der Waals surface area contributed by atoms with Gasteiger partial charge in [-0.2, -0.15) is 0 Å². The molecule has 1 aliphatic rings. The first kappa shape index (κ1) is 43.7. The first-order chi connectivity index (χ1) is 24.3. The summed E-state index contributed by atoms with van der Waals surface area (Å²) in [6.45, 7) is 23.0. The number of nitrogens with zero attached hydrogens (tertiary/aromatic N) is 2. The van der Waals surface area contributed by atoms with Gasteiger partial charge in [-0.25, -0.2) is 14.6 Å². The van der Waals surface area contributed by atoms with E-state index in [0.29, 0.717) is 11.8 Å². The van der Waals surface area contributed by atoms with E-state index >= 15 is 0 Å². The highest BCUT2D eigenvalue weighted by molar-refractivity contribution is 7.13. The minimum atomic E-state index is -2.34. The number of carbonyl (C=O) groups is 5. The Bertz CT molecular complexity index is 1610. The van der Waals surface area contributed by atoms with Gasteiger partial charge in [0.1, 0.15) is 24.0 Å². The summed E-state index contributed by atoms with van der Waals surface area (Å²) in [5.41, 5.74) is 2.64. The van der Waals surface area contributed by atoms with Crippen molar-refractivity contribution in [3.63, 3.8) is 0 Å². The normalized spacial score (nSPS) is 18.5. The lowest BCUT2D eigenvalue weighted by molar-refractivity contribution is -0.152. The predicted octanol–water partition coefficient (Wildman–Crippen LogP) is 6.27. The van der Waals surface area contributed by atoms with Crippen molar-refractivity contribution in [1.29, 1.82) is 0 Å². The van der Waals surface area contributed by atoms with Gasteiger partial charge < -0.3 is 39.3 Å². The Hall–Kier alpha value is -3.66. The number of rotatable bonds is 14. The van der Waals surface area contributed by atoms with Crippen LogP contribution in [0.1, 0.15) is 92.5 Å².